The minimum absolute atomic E-state index is 0.0701. The molecular weight excluding hydrogens is 391 g/mol. The quantitative estimate of drug-likeness (QED) is 0.597. The Labute approximate surface area is 175 Å². The van der Waals surface area contributed by atoms with E-state index in [1.807, 2.05) is 24.3 Å². The molecule has 1 unspecified atom stereocenters. The number of aliphatic carboxylic acids is 1. The molecule has 0 aromatic heterocycles. The lowest BCUT2D eigenvalue weighted by molar-refractivity contribution is -0.152. The summed E-state index contributed by atoms with van der Waals surface area (Å²) in [6.07, 6.45) is 0.910. The Hall–Kier alpha value is -2.74. The van der Waals surface area contributed by atoms with Gasteiger partial charge in [0.1, 0.15) is 12.7 Å². The summed E-state index contributed by atoms with van der Waals surface area (Å²) in [6, 6.07) is 6.33. The minimum Gasteiger partial charge on any atom is -0.481 e. The normalized spacial score (nSPS) is 19.8. The molecule has 1 aliphatic heterocycles. The number of Topliss-reactive ketones (excluding diaryl/α,β-unsaturated/α-hetero) is 1. The Kier molecular flexibility index (Phi) is 7.02. The predicted octanol–water partition coefficient (Wildman–Crippen LogP) is 2.75. The van der Waals surface area contributed by atoms with E-state index in [2.05, 4.69) is 31.6 Å². The number of rotatable bonds is 8. The number of hydrogen-bond donors (Lipinski definition) is 3. The van der Waals surface area contributed by atoms with Crippen molar-refractivity contribution >= 4 is 23.4 Å². The number of carbonyl (C=O) groups excluding carboxylic acids is 2. The SMILES string of the molecule is CC(C)[C@@]1(C(=O)NC(CC(=O)O)C(=O)CF)C=C(c2cccc(C(C)(C)C)c2)NO1. The van der Waals surface area contributed by atoms with Gasteiger partial charge < -0.3 is 10.4 Å². The van der Waals surface area contributed by atoms with Crippen LogP contribution in [0.15, 0.2) is 30.3 Å². The van der Waals surface area contributed by atoms with Crippen molar-refractivity contribution in [3.63, 3.8) is 0 Å². The predicted molar refractivity (Wildman–Crippen MR) is 110 cm³/mol. The van der Waals surface area contributed by atoms with Crippen molar-refractivity contribution in [1.82, 2.24) is 10.8 Å². The maximum absolute atomic E-state index is 13.0. The first-order valence-corrected chi connectivity index (χ1v) is 9.80. The van der Waals surface area contributed by atoms with E-state index < -0.39 is 42.4 Å². The number of ketones is 1. The molecule has 30 heavy (non-hydrogen) atoms. The molecule has 0 saturated heterocycles. The summed E-state index contributed by atoms with van der Waals surface area (Å²) < 4.78 is 12.8. The molecule has 0 fully saturated rings. The number of hydrogen-bond acceptors (Lipinski definition) is 5. The number of hydroxylamine groups is 1. The summed E-state index contributed by atoms with van der Waals surface area (Å²) in [5.41, 5.74) is 3.73. The largest absolute Gasteiger partial charge is 0.481 e. The van der Waals surface area contributed by atoms with Gasteiger partial charge in [-0.15, -0.1) is 0 Å². The monoisotopic (exact) mass is 420 g/mol. The molecule has 0 bridgehead atoms. The second-order valence-electron chi connectivity index (χ2n) is 8.76. The zero-order valence-corrected chi connectivity index (χ0v) is 17.9. The lowest BCUT2D eigenvalue weighted by Gasteiger charge is -2.29. The van der Waals surface area contributed by atoms with E-state index in [-0.39, 0.29) is 11.3 Å². The zero-order valence-electron chi connectivity index (χ0n) is 17.9. The van der Waals surface area contributed by atoms with Gasteiger partial charge in [-0.1, -0.05) is 52.8 Å². The summed E-state index contributed by atoms with van der Waals surface area (Å²) in [7, 11) is 0. The number of carboxylic acid groups (broad SMARTS) is 1. The fourth-order valence-electron chi connectivity index (χ4n) is 3.15. The van der Waals surface area contributed by atoms with Gasteiger partial charge in [-0.2, -0.15) is 0 Å². The van der Waals surface area contributed by atoms with Gasteiger partial charge in [0.15, 0.2) is 11.4 Å². The molecule has 1 aromatic carbocycles. The lowest BCUT2D eigenvalue weighted by Crippen LogP contribution is -2.55. The molecule has 1 heterocycles. The van der Waals surface area contributed by atoms with Crippen LogP contribution >= 0.6 is 0 Å². The van der Waals surface area contributed by atoms with Gasteiger partial charge >= 0.3 is 5.97 Å². The molecule has 1 amide bonds. The van der Waals surface area contributed by atoms with Crippen LogP contribution in [0.3, 0.4) is 0 Å². The van der Waals surface area contributed by atoms with Crippen molar-refractivity contribution < 1.29 is 28.7 Å². The molecule has 0 radical (unpaired) electrons. The van der Waals surface area contributed by atoms with Gasteiger partial charge in [0.2, 0.25) is 0 Å². The van der Waals surface area contributed by atoms with Crippen molar-refractivity contribution in [3.05, 3.63) is 41.5 Å². The molecule has 0 saturated carbocycles. The van der Waals surface area contributed by atoms with E-state index in [1.165, 1.54) is 0 Å². The van der Waals surface area contributed by atoms with Crippen molar-refractivity contribution in [2.24, 2.45) is 5.92 Å². The van der Waals surface area contributed by atoms with Crippen LogP contribution in [-0.2, 0) is 24.6 Å². The molecule has 0 aliphatic carbocycles. The maximum atomic E-state index is 13.0. The first-order chi connectivity index (χ1) is 13.9. The Balaban J connectivity index is 2.36. The maximum Gasteiger partial charge on any atom is 0.305 e. The third kappa shape index (κ3) is 5.05. The molecule has 7 nitrogen and oxygen atoms in total. The number of halogens is 1. The number of nitrogens with one attached hydrogen (secondary N) is 2. The fourth-order valence-corrected chi connectivity index (χ4v) is 3.15. The van der Waals surface area contributed by atoms with Gasteiger partial charge in [0.05, 0.1) is 12.1 Å². The van der Waals surface area contributed by atoms with Crippen LogP contribution < -0.4 is 10.8 Å². The summed E-state index contributed by atoms with van der Waals surface area (Å²) in [6.45, 7) is 8.43. The van der Waals surface area contributed by atoms with Crippen LogP contribution in [-0.4, -0.2) is 41.1 Å². The molecular formula is C22H29FN2O5. The topological polar surface area (TPSA) is 105 Å². The van der Waals surface area contributed by atoms with E-state index in [0.717, 1.165) is 11.1 Å². The molecule has 1 aliphatic rings. The van der Waals surface area contributed by atoms with Crippen molar-refractivity contribution in [2.75, 3.05) is 6.67 Å². The first kappa shape index (κ1) is 23.5. The highest BCUT2D eigenvalue weighted by atomic mass is 19.1. The van der Waals surface area contributed by atoms with Crippen LogP contribution in [0.25, 0.3) is 5.70 Å². The van der Waals surface area contributed by atoms with Gasteiger partial charge in [0.25, 0.3) is 5.91 Å². The summed E-state index contributed by atoms with van der Waals surface area (Å²) in [5, 5.41) is 11.3. The molecule has 3 N–H and O–H groups in total. The lowest BCUT2D eigenvalue weighted by atomic mass is 9.85. The molecule has 8 heteroatoms. The van der Waals surface area contributed by atoms with E-state index in [1.54, 1.807) is 19.9 Å². The zero-order chi connectivity index (χ0) is 22.7. The Bertz CT molecular complexity index is 859. The van der Waals surface area contributed by atoms with Crippen molar-refractivity contribution in [3.8, 4) is 0 Å². The Morgan fingerprint density at radius 2 is 1.93 bits per heavy atom. The molecule has 0 spiro atoms. The molecule has 2 rings (SSSR count). The fraction of sp³-hybridized carbons (Fsp3) is 0.500. The van der Waals surface area contributed by atoms with Gasteiger partial charge in [0, 0.05) is 0 Å². The summed E-state index contributed by atoms with van der Waals surface area (Å²) in [5.74, 6) is -3.39. The molecule has 164 valence electrons. The highest BCUT2D eigenvalue weighted by Gasteiger charge is 2.47. The molecule has 2 atom stereocenters. The minimum atomic E-state index is -1.49. The number of carboxylic acids is 1. The summed E-state index contributed by atoms with van der Waals surface area (Å²) >= 11 is 0. The van der Waals surface area contributed by atoms with Crippen molar-refractivity contribution in [1.29, 1.82) is 0 Å². The molecule has 1 aromatic rings. The number of alkyl halides is 1. The first-order valence-electron chi connectivity index (χ1n) is 9.80. The Morgan fingerprint density at radius 1 is 1.27 bits per heavy atom. The Morgan fingerprint density at radius 3 is 2.47 bits per heavy atom. The van der Waals surface area contributed by atoms with Crippen molar-refractivity contribution in [2.45, 2.75) is 58.1 Å². The third-order valence-electron chi connectivity index (χ3n) is 5.15. The average molecular weight is 420 g/mol. The third-order valence-corrected chi connectivity index (χ3v) is 5.15. The standard InChI is InChI=1S/C22H29FN2O5/c1-13(2)22(20(29)24-16(10-19(27)28)18(26)12-23)11-17(25-30-22)14-7-6-8-15(9-14)21(3,4)5/h6-9,11,13,16,25H,10,12H2,1-5H3,(H,24,29)(H,27,28)/t16?,22-/m1/s1. The smallest absolute Gasteiger partial charge is 0.305 e. The van der Waals surface area contributed by atoms with E-state index in [4.69, 9.17) is 9.94 Å². The van der Waals surface area contributed by atoms with Crippen LogP contribution in [0.2, 0.25) is 0 Å². The van der Waals surface area contributed by atoms with E-state index >= 15 is 0 Å². The van der Waals surface area contributed by atoms with Crippen LogP contribution in [0.1, 0.15) is 52.2 Å². The average Bonchev–Trinajstić information content (AvgIpc) is 3.13. The second kappa shape index (κ2) is 8.95. The van der Waals surface area contributed by atoms with E-state index in [9.17, 15) is 18.8 Å². The summed E-state index contributed by atoms with van der Waals surface area (Å²) in [4.78, 5) is 41.5. The van der Waals surface area contributed by atoms with Gasteiger partial charge in [-0.25, -0.2) is 4.39 Å². The highest BCUT2D eigenvalue weighted by Crippen LogP contribution is 2.34. The number of amides is 1. The second-order valence-corrected chi connectivity index (χ2v) is 8.76. The van der Waals surface area contributed by atoms with Crippen LogP contribution in [0, 0.1) is 5.92 Å². The van der Waals surface area contributed by atoms with E-state index in [0.29, 0.717) is 5.70 Å². The van der Waals surface area contributed by atoms with Gasteiger partial charge in [-0.3, -0.25) is 24.7 Å². The van der Waals surface area contributed by atoms with Gasteiger partial charge in [-0.05, 0) is 34.6 Å². The number of carbonyl (C=O) groups is 3. The number of benzene rings is 1. The highest BCUT2D eigenvalue weighted by molar-refractivity contribution is 5.97. The van der Waals surface area contributed by atoms with Crippen LogP contribution in [0.4, 0.5) is 4.39 Å². The van der Waals surface area contributed by atoms with Crippen LogP contribution in [0.5, 0.6) is 0 Å².